The fraction of sp³-hybridized carbons (Fsp3) is 0.533. The quantitative estimate of drug-likeness (QED) is 0.675. The van der Waals surface area contributed by atoms with Gasteiger partial charge in [-0.05, 0) is 12.8 Å². The van der Waals surface area contributed by atoms with Gasteiger partial charge in [0.05, 0.1) is 23.8 Å². The van der Waals surface area contributed by atoms with Crippen LogP contribution in [0.25, 0.3) is 0 Å². The summed E-state index contributed by atoms with van der Waals surface area (Å²) < 4.78 is 0. The first kappa shape index (κ1) is 14.6. The summed E-state index contributed by atoms with van der Waals surface area (Å²) in [6, 6.07) is 7.92. The van der Waals surface area contributed by atoms with E-state index in [2.05, 4.69) is 17.1 Å². The number of rotatable bonds is 0. The molecule has 2 unspecified atom stereocenters. The highest BCUT2D eigenvalue weighted by atomic mass is 14.9. The molecule has 1 aliphatic heterocycles. The summed E-state index contributed by atoms with van der Waals surface area (Å²) in [6.45, 7) is 0. The van der Waals surface area contributed by atoms with Gasteiger partial charge in [0.15, 0.2) is 5.57 Å². The molecule has 2 N–H and O–H groups in total. The van der Waals surface area contributed by atoms with Crippen LogP contribution in [0.5, 0.6) is 0 Å². The maximum Gasteiger partial charge on any atom is 0.152 e. The van der Waals surface area contributed by atoms with Gasteiger partial charge in [0.2, 0.25) is 0 Å². The molecule has 2 rings (SSSR count). The van der Waals surface area contributed by atoms with Crippen LogP contribution >= 0.6 is 0 Å². The van der Waals surface area contributed by atoms with Gasteiger partial charge < -0.3 is 5.73 Å². The lowest BCUT2D eigenvalue weighted by Gasteiger charge is -2.46. The molecule has 1 spiro atoms. The third-order valence-electron chi connectivity index (χ3n) is 4.49. The topological polar surface area (TPSA) is 134 Å². The zero-order valence-corrected chi connectivity index (χ0v) is 11.5. The number of nitrogens with zero attached hydrogens (tertiary/aromatic N) is 5. The van der Waals surface area contributed by atoms with Crippen molar-refractivity contribution in [1.29, 1.82) is 21.0 Å². The van der Waals surface area contributed by atoms with Crippen molar-refractivity contribution in [3.63, 3.8) is 0 Å². The number of amidine groups is 1. The molecule has 0 aromatic heterocycles. The van der Waals surface area contributed by atoms with Crippen LogP contribution < -0.4 is 5.73 Å². The molecule has 2 aliphatic rings. The molecule has 104 valence electrons. The molecular weight excluding hydrogens is 264 g/mol. The predicted molar refractivity (Wildman–Crippen MR) is 73.6 cm³/mol. The third-order valence-corrected chi connectivity index (χ3v) is 4.49. The molecule has 1 heterocycles. The highest BCUT2D eigenvalue weighted by Crippen LogP contribution is 2.53. The minimum absolute atomic E-state index is 0.115. The van der Waals surface area contributed by atoms with Crippen molar-refractivity contribution < 1.29 is 0 Å². The van der Waals surface area contributed by atoms with Crippen LogP contribution in [0.4, 0.5) is 0 Å². The van der Waals surface area contributed by atoms with Crippen LogP contribution in [-0.2, 0) is 0 Å². The fourth-order valence-electron chi connectivity index (χ4n) is 3.51. The van der Waals surface area contributed by atoms with E-state index in [-0.39, 0.29) is 17.1 Å². The van der Waals surface area contributed by atoms with Crippen LogP contribution in [0, 0.1) is 62.6 Å². The van der Waals surface area contributed by atoms with Gasteiger partial charge in [0.1, 0.15) is 23.9 Å². The largest absolute Gasteiger partial charge is 0.386 e. The maximum atomic E-state index is 9.60. The van der Waals surface area contributed by atoms with Gasteiger partial charge in [-0.1, -0.05) is 19.3 Å². The number of allylic oxidation sites excluding steroid dienone is 2. The van der Waals surface area contributed by atoms with Gasteiger partial charge in [0.25, 0.3) is 0 Å². The molecule has 0 amide bonds. The van der Waals surface area contributed by atoms with E-state index in [1.165, 1.54) is 0 Å². The molecule has 1 fully saturated rings. The Kier molecular flexibility index (Phi) is 3.93. The number of hydrogen-bond donors (Lipinski definition) is 1. The first-order chi connectivity index (χ1) is 10.1. The maximum absolute atomic E-state index is 9.60. The second-order valence-electron chi connectivity index (χ2n) is 5.44. The van der Waals surface area contributed by atoms with Crippen LogP contribution in [0.2, 0.25) is 0 Å². The highest BCUT2D eigenvalue weighted by molar-refractivity contribution is 5.88. The van der Waals surface area contributed by atoms with E-state index in [1.54, 1.807) is 12.1 Å². The SMILES string of the molecule is N#CC(C#N)=C1N=C(N)C(C#N)C2(CCCCC2)C1C#N. The lowest BCUT2D eigenvalue weighted by molar-refractivity contribution is 0.117. The van der Waals surface area contributed by atoms with E-state index in [0.717, 1.165) is 19.3 Å². The van der Waals surface area contributed by atoms with Crippen LogP contribution in [0.1, 0.15) is 32.1 Å². The minimum atomic E-state index is -0.732. The Hall–Kier alpha value is -2.83. The van der Waals surface area contributed by atoms with E-state index >= 15 is 0 Å². The van der Waals surface area contributed by atoms with Gasteiger partial charge in [-0.15, -0.1) is 0 Å². The molecule has 0 bridgehead atoms. The van der Waals surface area contributed by atoms with Crippen molar-refractivity contribution in [2.24, 2.45) is 28.0 Å². The van der Waals surface area contributed by atoms with Gasteiger partial charge in [-0.25, -0.2) is 4.99 Å². The second kappa shape index (κ2) is 5.66. The van der Waals surface area contributed by atoms with Crippen LogP contribution in [0.3, 0.4) is 0 Å². The first-order valence-corrected chi connectivity index (χ1v) is 6.82. The molecule has 21 heavy (non-hydrogen) atoms. The van der Waals surface area contributed by atoms with Crippen molar-refractivity contribution in [2.75, 3.05) is 0 Å². The standard InChI is InChI=1S/C15H14N6/c16-6-10(7-17)13-11(8-18)15(4-2-1-3-5-15)12(9-19)14(20)21-13/h11-12H,1-5H2,(H2,20,21). The van der Waals surface area contributed by atoms with Gasteiger partial charge in [-0.2, -0.15) is 21.0 Å². The molecule has 0 saturated heterocycles. The summed E-state index contributed by atoms with van der Waals surface area (Å²) >= 11 is 0. The lowest BCUT2D eigenvalue weighted by Crippen LogP contribution is -2.48. The predicted octanol–water partition coefficient (Wildman–Crippen LogP) is 1.89. The smallest absolute Gasteiger partial charge is 0.152 e. The molecular formula is C15H14N6. The van der Waals surface area contributed by atoms with Crippen molar-refractivity contribution >= 4 is 5.84 Å². The number of aliphatic imine (C=N–C) groups is 1. The summed E-state index contributed by atoms with van der Waals surface area (Å²) in [5.74, 6) is -1.25. The van der Waals surface area contributed by atoms with E-state index in [4.69, 9.17) is 16.3 Å². The molecule has 1 saturated carbocycles. The van der Waals surface area contributed by atoms with E-state index in [0.29, 0.717) is 12.8 Å². The second-order valence-corrected chi connectivity index (χ2v) is 5.44. The van der Waals surface area contributed by atoms with Crippen molar-refractivity contribution in [2.45, 2.75) is 32.1 Å². The van der Waals surface area contributed by atoms with Gasteiger partial charge in [-0.3, -0.25) is 0 Å². The van der Waals surface area contributed by atoms with Gasteiger partial charge in [0, 0.05) is 5.41 Å². The van der Waals surface area contributed by atoms with Crippen molar-refractivity contribution in [3.05, 3.63) is 11.3 Å². The Morgan fingerprint density at radius 2 is 1.57 bits per heavy atom. The number of nitriles is 4. The summed E-state index contributed by atoms with van der Waals surface area (Å²) in [4.78, 5) is 4.06. The Labute approximate surface area is 123 Å². The summed E-state index contributed by atoms with van der Waals surface area (Å²) in [5, 5.41) is 37.2. The van der Waals surface area contributed by atoms with Crippen molar-refractivity contribution in [3.8, 4) is 24.3 Å². The summed E-state index contributed by atoms with van der Waals surface area (Å²) in [5.41, 5.74) is 5.24. The fourth-order valence-corrected chi connectivity index (χ4v) is 3.51. The Morgan fingerprint density at radius 3 is 2.05 bits per heavy atom. The lowest BCUT2D eigenvalue weighted by atomic mass is 9.57. The Bertz CT molecular complexity index is 651. The van der Waals surface area contributed by atoms with Crippen molar-refractivity contribution in [1.82, 2.24) is 0 Å². The van der Waals surface area contributed by atoms with E-state index < -0.39 is 17.3 Å². The zero-order chi connectivity index (χ0) is 15.5. The molecule has 6 heteroatoms. The number of nitrogens with two attached hydrogens (primary N) is 1. The average Bonchev–Trinajstić information content (AvgIpc) is 2.50. The monoisotopic (exact) mass is 278 g/mol. The minimum Gasteiger partial charge on any atom is -0.386 e. The Balaban J connectivity index is 2.71. The molecule has 0 aromatic rings. The molecule has 0 aromatic carbocycles. The molecule has 2 atom stereocenters. The molecule has 6 nitrogen and oxygen atoms in total. The summed E-state index contributed by atoms with van der Waals surface area (Å²) in [6.07, 6.45) is 4.24. The summed E-state index contributed by atoms with van der Waals surface area (Å²) in [7, 11) is 0. The molecule has 1 aliphatic carbocycles. The van der Waals surface area contributed by atoms with E-state index in [9.17, 15) is 10.5 Å². The normalized spacial score (nSPS) is 26.7. The Morgan fingerprint density at radius 1 is 1.00 bits per heavy atom. The highest BCUT2D eigenvalue weighted by Gasteiger charge is 2.53. The van der Waals surface area contributed by atoms with Crippen LogP contribution in [0.15, 0.2) is 16.3 Å². The van der Waals surface area contributed by atoms with Gasteiger partial charge >= 0.3 is 0 Å². The number of hydrogen-bond acceptors (Lipinski definition) is 6. The van der Waals surface area contributed by atoms with Crippen LogP contribution in [-0.4, -0.2) is 5.84 Å². The average molecular weight is 278 g/mol. The zero-order valence-electron chi connectivity index (χ0n) is 11.5. The third kappa shape index (κ3) is 2.12. The van der Waals surface area contributed by atoms with E-state index in [1.807, 2.05) is 0 Å². The first-order valence-electron chi connectivity index (χ1n) is 6.82. The molecule has 0 radical (unpaired) electrons.